The Morgan fingerprint density at radius 3 is 2.91 bits per heavy atom. The SMILES string of the molecule is Cn1cc2c(nc1=O)Nc1c(OCCN)cccc1C2(F)F. The largest absolute Gasteiger partial charge is 0.490 e. The average Bonchev–Trinajstić information content (AvgIpc) is 2.48. The maximum atomic E-state index is 14.7. The number of alkyl halides is 2. The topological polar surface area (TPSA) is 82.2 Å². The number of halogens is 2. The average molecular weight is 308 g/mol. The fraction of sp³-hybridized carbons (Fsp3) is 0.286. The van der Waals surface area contributed by atoms with Crippen LogP contribution >= 0.6 is 0 Å². The van der Waals surface area contributed by atoms with E-state index in [2.05, 4.69) is 10.3 Å². The first-order valence-electron chi connectivity index (χ1n) is 6.64. The molecule has 2 aromatic rings. The maximum absolute atomic E-state index is 14.7. The van der Waals surface area contributed by atoms with Crippen molar-refractivity contribution in [2.24, 2.45) is 12.8 Å². The third kappa shape index (κ3) is 2.12. The minimum absolute atomic E-state index is 0.106. The molecular weight excluding hydrogens is 294 g/mol. The highest BCUT2D eigenvalue weighted by Crippen LogP contribution is 2.49. The molecule has 0 spiro atoms. The summed E-state index contributed by atoms with van der Waals surface area (Å²) in [5.41, 5.74) is 4.28. The van der Waals surface area contributed by atoms with Gasteiger partial charge in [0, 0.05) is 19.8 Å². The molecule has 22 heavy (non-hydrogen) atoms. The number of hydrogen-bond acceptors (Lipinski definition) is 5. The molecule has 1 aromatic heterocycles. The number of hydrogen-bond donors (Lipinski definition) is 2. The lowest BCUT2D eigenvalue weighted by Crippen LogP contribution is -2.30. The molecule has 2 heterocycles. The lowest BCUT2D eigenvalue weighted by atomic mass is 9.96. The van der Waals surface area contributed by atoms with Gasteiger partial charge in [0.2, 0.25) is 0 Å². The molecule has 0 radical (unpaired) electrons. The molecule has 0 unspecified atom stereocenters. The Kier molecular flexibility index (Phi) is 3.32. The minimum atomic E-state index is -3.28. The number of para-hydroxylation sites is 1. The van der Waals surface area contributed by atoms with E-state index in [0.29, 0.717) is 0 Å². The van der Waals surface area contributed by atoms with Crippen LogP contribution in [0, 0.1) is 0 Å². The Hall–Kier alpha value is -2.48. The second kappa shape index (κ2) is 5.06. The van der Waals surface area contributed by atoms with Crippen LogP contribution in [0.4, 0.5) is 20.3 Å². The molecule has 0 atom stereocenters. The van der Waals surface area contributed by atoms with Gasteiger partial charge in [-0.2, -0.15) is 13.8 Å². The van der Waals surface area contributed by atoms with Crippen molar-refractivity contribution in [3.8, 4) is 5.75 Å². The van der Waals surface area contributed by atoms with Gasteiger partial charge in [0.1, 0.15) is 18.2 Å². The number of fused-ring (bicyclic) bond motifs is 2. The molecule has 0 amide bonds. The zero-order valence-electron chi connectivity index (χ0n) is 11.8. The van der Waals surface area contributed by atoms with E-state index < -0.39 is 11.6 Å². The Bertz CT molecular complexity index is 789. The molecular formula is C14H14F2N4O2. The van der Waals surface area contributed by atoms with Gasteiger partial charge in [0.25, 0.3) is 0 Å². The first-order chi connectivity index (χ1) is 10.4. The van der Waals surface area contributed by atoms with Gasteiger partial charge in [-0.15, -0.1) is 0 Å². The van der Waals surface area contributed by atoms with Crippen molar-refractivity contribution in [3.05, 3.63) is 46.0 Å². The van der Waals surface area contributed by atoms with Crippen molar-refractivity contribution < 1.29 is 13.5 Å². The van der Waals surface area contributed by atoms with Crippen LogP contribution in [0.3, 0.4) is 0 Å². The Labute approximate surface area is 124 Å². The molecule has 1 aromatic carbocycles. The summed E-state index contributed by atoms with van der Waals surface area (Å²) in [6.07, 6.45) is 1.09. The lowest BCUT2D eigenvalue weighted by molar-refractivity contribution is 0.0416. The van der Waals surface area contributed by atoms with Crippen LogP contribution in [0.1, 0.15) is 11.1 Å². The van der Waals surface area contributed by atoms with Crippen LogP contribution in [0.2, 0.25) is 0 Å². The predicted molar refractivity (Wildman–Crippen MR) is 76.7 cm³/mol. The third-order valence-electron chi connectivity index (χ3n) is 3.41. The van der Waals surface area contributed by atoms with Gasteiger partial charge in [0.05, 0.1) is 16.8 Å². The molecule has 6 nitrogen and oxygen atoms in total. The molecule has 0 saturated heterocycles. The number of nitrogens with two attached hydrogens (primary N) is 1. The predicted octanol–water partition coefficient (Wildman–Crippen LogP) is 1.31. The van der Waals surface area contributed by atoms with Crippen molar-refractivity contribution in [1.82, 2.24) is 9.55 Å². The van der Waals surface area contributed by atoms with E-state index in [1.807, 2.05) is 0 Å². The summed E-state index contributed by atoms with van der Waals surface area (Å²) in [7, 11) is 1.38. The van der Waals surface area contributed by atoms with Crippen molar-refractivity contribution >= 4 is 11.5 Å². The fourth-order valence-corrected chi connectivity index (χ4v) is 2.34. The molecule has 0 bridgehead atoms. The van der Waals surface area contributed by atoms with E-state index >= 15 is 0 Å². The van der Waals surface area contributed by atoms with Crippen LogP contribution < -0.4 is 21.5 Å². The van der Waals surface area contributed by atoms with E-state index in [-0.39, 0.29) is 41.5 Å². The van der Waals surface area contributed by atoms with Crippen molar-refractivity contribution in [3.63, 3.8) is 0 Å². The van der Waals surface area contributed by atoms with Gasteiger partial charge in [-0.3, -0.25) is 0 Å². The van der Waals surface area contributed by atoms with Gasteiger partial charge < -0.3 is 20.4 Å². The van der Waals surface area contributed by atoms with E-state index in [9.17, 15) is 13.6 Å². The summed E-state index contributed by atoms with van der Waals surface area (Å²) >= 11 is 0. The monoisotopic (exact) mass is 308 g/mol. The second-order valence-corrected chi connectivity index (χ2v) is 4.91. The van der Waals surface area contributed by atoms with Gasteiger partial charge in [-0.05, 0) is 6.07 Å². The quantitative estimate of drug-likeness (QED) is 0.893. The van der Waals surface area contributed by atoms with Crippen LogP contribution in [-0.2, 0) is 13.0 Å². The van der Waals surface area contributed by atoms with E-state index in [4.69, 9.17) is 10.5 Å². The normalized spacial score (nSPS) is 14.7. The van der Waals surface area contributed by atoms with E-state index in [0.717, 1.165) is 10.8 Å². The number of nitrogens with zero attached hydrogens (tertiary/aromatic N) is 2. The van der Waals surface area contributed by atoms with Crippen molar-refractivity contribution in [1.29, 1.82) is 0 Å². The molecule has 0 fully saturated rings. The molecule has 1 aliphatic heterocycles. The fourth-order valence-electron chi connectivity index (χ4n) is 2.34. The summed E-state index contributed by atoms with van der Waals surface area (Å²) in [5.74, 6) is -3.20. The van der Waals surface area contributed by atoms with Gasteiger partial charge in [0.15, 0.2) is 0 Å². The first kappa shape index (κ1) is 14.5. The molecule has 116 valence electrons. The molecule has 3 rings (SSSR count). The number of rotatable bonds is 3. The number of benzene rings is 1. The highest BCUT2D eigenvalue weighted by Gasteiger charge is 2.44. The zero-order chi connectivity index (χ0) is 15.9. The Balaban J connectivity index is 2.18. The minimum Gasteiger partial charge on any atom is -0.490 e. The summed E-state index contributed by atoms with van der Waals surface area (Å²) in [6, 6.07) is 4.36. The highest BCUT2D eigenvalue weighted by molar-refractivity contribution is 5.76. The summed E-state index contributed by atoms with van der Waals surface area (Å²) < 4.78 is 35.9. The lowest BCUT2D eigenvalue weighted by Gasteiger charge is -2.29. The van der Waals surface area contributed by atoms with E-state index in [1.165, 1.54) is 19.2 Å². The van der Waals surface area contributed by atoms with Crippen LogP contribution in [-0.4, -0.2) is 22.7 Å². The third-order valence-corrected chi connectivity index (χ3v) is 3.41. The Morgan fingerprint density at radius 2 is 2.18 bits per heavy atom. The summed E-state index contributed by atoms with van der Waals surface area (Å²) in [6.45, 7) is 0.454. The van der Waals surface area contributed by atoms with Gasteiger partial charge in [-0.1, -0.05) is 12.1 Å². The number of ether oxygens (including phenoxy) is 1. The van der Waals surface area contributed by atoms with Crippen LogP contribution in [0.25, 0.3) is 0 Å². The standard InChI is InChI=1S/C14H14F2N4O2/c1-20-7-9-12(19-13(20)21)18-11-8(14(9,15)16)3-2-4-10(11)22-6-5-17/h2-4,7H,5-6,17H2,1H3,(H,18,19,21). The molecule has 0 aliphatic carbocycles. The molecule has 3 N–H and O–H groups in total. The van der Waals surface area contributed by atoms with Gasteiger partial charge >= 0.3 is 11.6 Å². The van der Waals surface area contributed by atoms with Crippen molar-refractivity contribution in [2.45, 2.75) is 5.92 Å². The smallest absolute Gasteiger partial charge is 0.349 e. The van der Waals surface area contributed by atoms with Crippen molar-refractivity contribution in [2.75, 3.05) is 18.5 Å². The highest BCUT2D eigenvalue weighted by atomic mass is 19.3. The number of aryl methyl sites for hydroxylation is 1. The molecule has 1 aliphatic rings. The van der Waals surface area contributed by atoms with E-state index in [1.54, 1.807) is 6.07 Å². The molecule has 0 saturated carbocycles. The number of aromatic nitrogens is 2. The van der Waals surface area contributed by atoms with Gasteiger partial charge in [-0.25, -0.2) is 4.79 Å². The first-order valence-corrected chi connectivity index (χ1v) is 6.64. The number of nitrogens with one attached hydrogen (secondary N) is 1. The zero-order valence-corrected chi connectivity index (χ0v) is 11.8. The molecule has 8 heteroatoms. The Morgan fingerprint density at radius 1 is 1.41 bits per heavy atom. The maximum Gasteiger partial charge on any atom is 0.349 e. The summed E-state index contributed by atoms with van der Waals surface area (Å²) in [5, 5.41) is 2.77. The van der Waals surface area contributed by atoms with Crippen LogP contribution in [0.5, 0.6) is 5.75 Å². The van der Waals surface area contributed by atoms with Crippen LogP contribution in [0.15, 0.2) is 29.2 Å². The second-order valence-electron chi connectivity index (χ2n) is 4.91. The summed E-state index contributed by atoms with van der Waals surface area (Å²) in [4.78, 5) is 15.3. The number of anilines is 2.